The molecule has 2 aliphatic heterocycles. The SMILES string of the molecule is COCc1nc2n(n1)CCC[C@H]2NS(=O)(=O)N1C[C@H](C)C[C@H](C)C1. The van der Waals surface area contributed by atoms with Crippen molar-refractivity contribution < 1.29 is 13.2 Å². The van der Waals surface area contributed by atoms with Gasteiger partial charge in [-0.2, -0.15) is 22.5 Å². The molecule has 0 radical (unpaired) electrons. The molecule has 0 unspecified atom stereocenters. The third kappa shape index (κ3) is 3.79. The van der Waals surface area contributed by atoms with Gasteiger partial charge in [0.2, 0.25) is 0 Å². The summed E-state index contributed by atoms with van der Waals surface area (Å²) in [6, 6.07) is -0.325. The molecule has 8 nitrogen and oxygen atoms in total. The molecule has 1 aromatic heterocycles. The fraction of sp³-hybridized carbons (Fsp3) is 0.867. The van der Waals surface area contributed by atoms with Gasteiger partial charge in [0, 0.05) is 26.7 Å². The smallest absolute Gasteiger partial charge is 0.280 e. The third-order valence-corrected chi connectivity index (χ3v) is 6.22. The van der Waals surface area contributed by atoms with Gasteiger partial charge in [-0.1, -0.05) is 13.8 Å². The zero-order chi connectivity index (χ0) is 17.3. The van der Waals surface area contributed by atoms with E-state index in [1.165, 1.54) is 0 Å². The van der Waals surface area contributed by atoms with E-state index in [0.717, 1.165) is 25.8 Å². The average Bonchev–Trinajstić information content (AvgIpc) is 2.90. The van der Waals surface area contributed by atoms with Gasteiger partial charge in [0.1, 0.15) is 12.4 Å². The molecule has 3 rings (SSSR count). The topological polar surface area (TPSA) is 89.3 Å². The van der Waals surface area contributed by atoms with Crippen molar-refractivity contribution in [3.05, 3.63) is 11.6 Å². The zero-order valence-corrected chi connectivity index (χ0v) is 15.4. The van der Waals surface area contributed by atoms with Crippen LogP contribution in [0.5, 0.6) is 0 Å². The highest BCUT2D eigenvalue weighted by atomic mass is 32.2. The molecule has 2 aliphatic rings. The van der Waals surface area contributed by atoms with Crippen LogP contribution in [-0.4, -0.2) is 47.7 Å². The van der Waals surface area contributed by atoms with E-state index in [9.17, 15) is 8.42 Å². The third-order valence-electron chi connectivity index (χ3n) is 4.66. The Labute approximate surface area is 143 Å². The van der Waals surface area contributed by atoms with E-state index in [2.05, 4.69) is 28.7 Å². The van der Waals surface area contributed by atoms with Crippen LogP contribution in [0, 0.1) is 11.8 Å². The number of hydrogen-bond donors (Lipinski definition) is 1. The summed E-state index contributed by atoms with van der Waals surface area (Å²) in [6.07, 6.45) is 2.69. The molecule has 1 N–H and O–H groups in total. The van der Waals surface area contributed by atoms with Crippen LogP contribution in [0.3, 0.4) is 0 Å². The number of fused-ring (bicyclic) bond motifs is 1. The van der Waals surface area contributed by atoms with E-state index >= 15 is 0 Å². The van der Waals surface area contributed by atoms with Crippen molar-refractivity contribution in [2.75, 3.05) is 20.2 Å². The van der Waals surface area contributed by atoms with Crippen LogP contribution in [0.2, 0.25) is 0 Å². The van der Waals surface area contributed by atoms with Crippen LogP contribution in [0.4, 0.5) is 0 Å². The van der Waals surface area contributed by atoms with Gasteiger partial charge in [-0.05, 0) is 31.1 Å². The first-order chi connectivity index (χ1) is 11.4. The van der Waals surface area contributed by atoms with Gasteiger partial charge in [-0.15, -0.1) is 0 Å². The Balaban J connectivity index is 1.76. The molecule has 0 saturated carbocycles. The fourth-order valence-electron chi connectivity index (χ4n) is 3.76. The van der Waals surface area contributed by atoms with Crippen molar-refractivity contribution in [2.24, 2.45) is 11.8 Å². The molecule has 136 valence electrons. The van der Waals surface area contributed by atoms with Crippen molar-refractivity contribution >= 4 is 10.2 Å². The Hall–Kier alpha value is -1.03. The number of aryl methyl sites for hydroxylation is 1. The summed E-state index contributed by atoms with van der Waals surface area (Å²) in [6.45, 7) is 6.46. The number of rotatable bonds is 5. The van der Waals surface area contributed by atoms with Crippen LogP contribution in [-0.2, 0) is 28.1 Å². The zero-order valence-electron chi connectivity index (χ0n) is 14.6. The molecule has 1 saturated heterocycles. The summed E-state index contributed by atoms with van der Waals surface area (Å²) in [5.74, 6) is 2.05. The summed E-state index contributed by atoms with van der Waals surface area (Å²) in [5.41, 5.74) is 0. The summed E-state index contributed by atoms with van der Waals surface area (Å²) in [7, 11) is -1.93. The lowest BCUT2D eigenvalue weighted by atomic mass is 9.94. The molecular formula is C15H27N5O3S. The molecule has 9 heteroatoms. The van der Waals surface area contributed by atoms with E-state index in [0.29, 0.717) is 43.2 Å². The maximum atomic E-state index is 12.8. The molecule has 0 aliphatic carbocycles. The van der Waals surface area contributed by atoms with Crippen molar-refractivity contribution in [3.8, 4) is 0 Å². The van der Waals surface area contributed by atoms with Crippen LogP contribution >= 0.6 is 0 Å². The second kappa shape index (κ2) is 7.07. The lowest BCUT2D eigenvalue weighted by Crippen LogP contribution is -2.49. The minimum Gasteiger partial charge on any atom is -0.377 e. The van der Waals surface area contributed by atoms with Crippen LogP contribution in [0.15, 0.2) is 0 Å². The lowest BCUT2D eigenvalue weighted by Gasteiger charge is -2.35. The molecular weight excluding hydrogens is 330 g/mol. The molecule has 3 atom stereocenters. The summed E-state index contributed by atoms with van der Waals surface area (Å²) >= 11 is 0. The second-order valence-corrected chi connectivity index (χ2v) is 8.83. The molecule has 0 aromatic carbocycles. The van der Waals surface area contributed by atoms with E-state index in [-0.39, 0.29) is 6.04 Å². The summed E-state index contributed by atoms with van der Waals surface area (Å²) < 4.78 is 36.9. The fourth-order valence-corrected chi connectivity index (χ4v) is 5.39. The van der Waals surface area contributed by atoms with Crippen molar-refractivity contribution in [3.63, 3.8) is 0 Å². The maximum absolute atomic E-state index is 12.8. The minimum atomic E-state index is -3.52. The van der Waals surface area contributed by atoms with Crippen molar-refractivity contribution in [2.45, 2.75) is 52.3 Å². The van der Waals surface area contributed by atoms with Gasteiger partial charge in [-0.25, -0.2) is 9.67 Å². The lowest BCUT2D eigenvalue weighted by molar-refractivity contribution is 0.177. The average molecular weight is 357 g/mol. The first-order valence-electron chi connectivity index (χ1n) is 8.59. The highest BCUT2D eigenvalue weighted by Gasteiger charge is 2.34. The molecule has 0 amide bonds. The van der Waals surface area contributed by atoms with Crippen LogP contribution < -0.4 is 4.72 Å². The second-order valence-electron chi connectivity index (χ2n) is 7.12. The Kier molecular flexibility index (Phi) is 5.24. The number of nitrogens with one attached hydrogen (secondary N) is 1. The Bertz CT molecular complexity index is 665. The number of aromatic nitrogens is 3. The van der Waals surface area contributed by atoms with Crippen molar-refractivity contribution in [1.29, 1.82) is 0 Å². The Morgan fingerprint density at radius 1 is 1.29 bits per heavy atom. The summed E-state index contributed by atoms with van der Waals surface area (Å²) in [4.78, 5) is 4.46. The van der Waals surface area contributed by atoms with Crippen LogP contribution in [0.1, 0.15) is 50.8 Å². The quantitative estimate of drug-likeness (QED) is 0.851. The Morgan fingerprint density at radius 3 is 2.67 bits per heavy atom. The van der Waals surface area contributed by atoms with Crippen LogP contribution in [0.25, 0.3) is 0 Å². The van der Waals surface area contributed by atoms with Gasteiger partial charge in [0.25, 0.3) is 10.2 Å². The van der Waals surface area contributed by atoms with E-state index in [1.807, 2.05) is 0 Å². The monoisotopic (exact) mass is 357 g/mol. The molecule has 24 heavy (non-hydrogen) atoms. The highest BCUT2D eigenvalue weighted by molar-refractivity contribution is 7.87. The number of methoxy groups -OCH3 is 1. The van der Waals surface area contributed by atoms with Gasteiger partial charge in [0.15, 0.2) is 5.82 Å². The molecule has 3 heterocycles. The predicted molar refractivity (Wildman–Crippen MR) is 89.3 cm³/mol. The van der Waals surface area contributed by atoms with Gasteiger partial charge in [0.05, 0.1) is 6.04 Å². The molecule has 0 spiro atoms. The molecule has 1 aromatic rings. The number of ether oxygens (including phenoxy) is 1. The number of piperidine rings is 1. The van der Waals surface area contributed by atoms with Gasteiger partial charge < -0.3 is 4.74 Å². The first-order valence-corrected chi connectivity index (χ1v) is 10.0. The van der Waals surface area contributed by atoms with E-state index < -0.39 is 10.2 Å². The first kappa shape index (κ1) is 17.8. The Morgan fingerprint density at radius 2 is 2.00 bits per heavy atom. The molecule has 0 bridgehead atoms. The minimum absolute atomic E-state index is 0.325. The standard InChI is InChI=1S/C15H27N5O3S/c1-11-7-12(2)9-19(8-11)24(21,22)18-13-5-4-6-20-15(13)16-14(17-20)10-23-3/h11-13,18H,4-10H2,1-3H3/t11-,12+,13-/m1/s1. The number of nitrogens with zero attached hydrogens (tertiary/aromatic N) is 4. The largest absolute Gasteiger partial charge is 0.377 e. The van der Waals surface area contributed by atoms with Gasteiger partial charge >= 0.3 is 0 Å². The maximum Gasteiger partial charge on any atom is 0.280 e. The summed E-state index contributed by atoms with van der Waals surface area (Å²) in [5, 5.41) is 4.39. The molecule has 1 fully saturated rings. The van der Waals surface area contributed by atoms with E-state index in [1.54, 1.807) is 16.1 Å². The van der Waals surface area contributed by atoms with Crippen molar-refractivity contribution in [1.82, 2.24) is 23.8 Å². The normalized spacial score (nSPS) is 28.7. The number of hydrogen-bond acceptors (Lipinski definition) is 5. The highest BCUT2D eigenvalue weighted by Crippen LogP contribution is 2.27. The predicted octanol–water partition coefficient (Wildman–Crippen LogP) is 1.07. The van der Waals surface area contributed by atoms with E-state index in [4.69, 9.17) is 4.74 Å². The van der Waals surface area contributed by atoms with Gasteiger partial charge in [-0.3, -0.25) is 0 Å².